The lowest BCUT2D eigenvalue weighted by atomic mass is 9.94. The number of hydrogen-bond donors (Lipinski definition) is 0. The normalized spacial score (nSPS) is 25.4. The van der Waals surface area contributed by atoms with Crippen LogP contribution in [0.15, 0.2) is 29.4 Å². The Labute approximate surface area is 122 Å². The molecule has 0 aliphatic carbocycles. The Hall–Kier alpha value is -1.95. The number of hydrogen-bond acceptors (Lipinski definition) is 4. The maximum absolute atomic E-state index is 13.8. The fourth-order valence-electron chi connectivity index (χ4n) is 2.60. The summed E-state index contributed by atoms with van der Waals surface area (Å²) in [6, 6.07) is 6.37. The molecule has 1 aromatic rings. The summed E-state index contributed by atoms with van der Waals surface area (Å²) < 4.78 is 19.0. The van der Waals surface area contributed by atoms with Crippen molar-refractivity contribution < 1.29 is 18.8 Å². The Balaban J connectivity index is 1.75. The number of carbonyl (C=O) groups excluding carboxylic acids is 1. The first-order valence-electron chi connectivity index (χ1n) is 6.97. The predicted octanol–water partition coefficient (Wildman–Crippen LogP) is 1.57. The van der Waals surface area contributed by atoms with E-state index in [0.717, 1.165) is 0 Å². The maximum atomic E-state index is 13.8. The van der Waals surface area contributed by atoms with Gasteiger partial charge in [0.05, 0.1) is 18.9 Å². The van der Waals surface area contributed by atoms with Crippen LogP contribution in [0.3, 0.4) is 0 Å². The zero-order valence-electron chi connectivity index (χ0n) is 11.8. The molecule has 2 aliphatic heterocycles. The van der Waals surface area contributed by atoms with E-state index >= 15 is 0 Å². The quantitative estimate of drug-likeness (QED) is 0.831. The van der Waals surface area contributed by atoms with Gasteiger partial charge in [0.2, 0.25) is 5.60 Å². The van der Waals surface area contributed by atoms with Gasteiger partial charge in [-0.05, 0) is 13.0 Å². The zero-order valence-corrected chi connectivity index (χ0v) is 11.8. The molecule has 0 N–H and O–H groups in total. The van der Waals surface area contributed by atoms with Crippen molar-refractivity contribution in [1.29, 1.82) is 0 Å². The fourth-order valence-corrected chi connectivity index (χ4v) is 2.60. The molecule has 0 spiro atoms. The third kappa shape index (κ3) is 2.63. The highest BCUT2D eigenvalue weighted by atomic mass is 19.1. The maximum Gasteiger partial charge on any atom is 0.269 e. The van der Waals surface area contributed by atoms with Crippen molar-refractivity contribution in [3.8, 4) is 0 Å². The second kappa shape index (κ2) is 5.44. The summed E-state index contributed by atoms with van der Waals surface area (Å²) in [5.74, 6) is -0.483. The Bertz CT molecular complexity index is 584. The standard InChI is InChI=1S/C15H17FN2O3/c1-15(14(19)18-6-8-20-9-7-18)10-13(17-21-15)11-4-2-3-5-12(11)16/h2-5H,6-10H2,1H3. The number of oxime groups is 1. The van der Waals surface area contributed by atoms with Gasteiger partial charge in [0.1, 0.15) is 5.82 Å². The van der Waals surface area contributed by atoms with Gasteiger partial charge in [-0.25, -0.2) is 4.39 Å². The van der Waals surface area contributed by atoms with E-state index in [9.17, 15) is 9.18 Å². The minimum atomic E-state index is -1.06. The van der Waals surface area contributed by atoms with Crippen LogP contribution in [0.4, 0.5) is 4.39 Å². The summed E-state index contributed by atoms with van der Waals surface area (Å²) in [7, 11) is 0. The van der Waals surface area contributed by atoms with Gasteiger partial charge in [-0.15, -0.1) is 0 Å². The van der Waals surface area contributed by atoms with E-state index in [-0.39, 0.29) is 18.1 Å². The van der Waals surface area contributed by atoms with Crippen molar-refractivity contribution >= 4 is 11.6 Å². The highest BCUT2D eigenvalue weighted by Gasteiger charge is 2.45. The van der Waals surface area contributed by atoms with Crippen LogP contribution in [0.5, 0.6) is 0 Å². The summed E-state index contributed by atoms with van der Waals surface area (Å²) in [5, 5.41) is 3.93. The summed E-state index contributed by atoms with van der Waals surface area (Å²) in [6.07, 6.45) is 0.268. The topological polar surface area (TPSA) is 51.1 Å². The van der Waals surface area contributed by atoms with Crippen molar-refractivity contribution in [3.05, 3.63) is 35.6 Å². The molecule has 21 heavy (non-hydrogen) atoms. The van der Waals surface area contributed by atoms with Gasteiger partial charge in [0.15, 0.2) is 0 Å². The molecule has 2 aliphatic rings. The van der Waals surface area contributed by atoms with Crippen molar-refractivity contribution in [2.75, 3.05) is 26.3 Å². The first-order valence-corrected chi connectivity index (χ1v) is 6.97. The molecule has 5 nitrogen and oxygen atoms in total. The van der Waals surface area contributed by atoms with E-state index in [1.54, 1.807) is 30.0 Å². The number of amides is 1. The van der Waals surface area contributed by atoms with Gasteiger partial charge < -0.3 is 14.5 Å². The smallest absolute Gasteiger partial charge is 0.269 e. The molecule has 6 heteroatoms. The van der Waals surface area contributed by atoms with Gasteiger partial charge >= 0.3 is 0 Å². The molecule has 0 radical (unpaired) electrons. The highest BCUT2D eigenvalue weighted by molar-refractivity contribution is 6.05. The molecule has 1 amide bonds. The second-order valence-electron chi connectivity index (χ2n) is 5.42. The molecule has 0 saturated carbocycles. The van der Waals surface area contributed by atoms with Crippen LogP contribution in [-0.2, 0) is 14.4 Å². The van der Waals surface area contributed by atoms with E-state index < -0.39 is 5.60 Å². The van der Waals surface area contributed by atoms with E-state index in [1.807, 2.05) is 0 Å². The van der Waals surface area contributed by atoms with Crippen molar-refractivity contribution in [1.82, 2.24) is 4.90 Å². The van der Waals surface area contributed by atoms with E-state index in [4.69, 9.17) is 9.57 Å². The van der Waals surface area contributed by atoms with Crippen LogP contribution in [0, 0.1) is 5.82 Å². The molecule has 0 aromatic heterocycles. The summed E-state index contributed by atoms with van der Waals surface area (Å²) in [5.41, 5.74) is -0.206. The molecule has 1 fully saturated rings. The van der Waals surface area contributed by atoms with Crippen LogP contribution >= 0.6 is 0 Å². The molecule has 1 atom stereocenters. The lowest BCUT2D eigenvalue weighted by Crippen LogP contribution is -2.51. The number of halogens is 1. The largest absolute Gasteiger partial charge is 0.379 e. The number of morpholine rings is 1. The number of carbonyl (C=O) groups is 1. The van der Waals surface area contributed by atoms with Crippen LogP contribution in [0.25, 0.3) is 0 Å². The molecule has 2 heterocycles. The van der Waals surface area contributed by atoms with Crippen LogP contribution in [-0.4, -0.2) is 48.4 Å². The molecule has 1 unspecified atom stereocenters. The average molecular weight is 292 g/mol. The minimum Gasteiger partial charge on any atom is -0.379 e. The first-order chi connectivity index (χ1) is 10.1. The van der Waals surface area contributed by atoms with Crippen molar-refractivity contribution in [2.24, 2.45) is 5.16 Å². The monoisotopic (exact) mass is 292 g/mol. The minimum absolute atomic E-state index is 0.124. The Morgan fingerprint density at radius 2 is 2.05 bits per heavy atom. The number of rotatable bonds is 2. The third-order valence-electron chi connectivity index (χ3n) is 3.80. The Morgan fingerprint density at radius 3 is 2.76 bits per heavy atom. The van der Waals surface area contributed by atoms with Gasteiger partial charge in [-0.2, -0.15) is 0 Å². The number of ether oxygens (including phenoxy) is 1. The van der Waals surface area contributed by atoms with E-state index in [1.165, 1.54) is 6.07 Å². The van der Waals surface area contributed by atoms with E-state index in [0.29, 0.717) is 37.6 Å². The van der Waals surface area contributed by atoms with Gasteiger partial charge in [0, 0.05) is 25.1 Å². The SMILES string of the molecule is CC1(C(=O)N2CCOCC2)CC(c2ccccc2F)=NO1. The highest BCUT2D eigenvalue weighted by Crippen LogP contribution is 2.29. The Morgan fingerprint density at radius 1 is 1.33 bits per heavy atom. The zero-order chi connectivity index (χ0) is 14.9. The van der Waals surface area contributed by atoms with Crippen LogP contribution < -0.4 is 0 Å². The van der Waals surface area contributed by atoms with Gasteiger partial charge in [-0.1, -0.05) is 23.4 Å². The molecule has 1 saturated heterocycles. The number of nitrogens with zero attached hydrogens (tertiary/aromatic N) is 2. The summed E-state index contributed by atoms with van der Waals surface area (Å²) in [6.45, 7) is 3.85. The molecule has 1 aromatic carbocycles. The number of benzene rings is 1. The molecular formula is C15H17FN2O3. The lowest BCUT2D eigenvalue weighted by Gasteiger charge is -2.32. The van der Waals surface area contributed by atoms with E-state index in [2.05, 4.69) is 5.16 Å². The summed E-state index contributed by atoms with van der Waals surface area (Å²) >= 11 is 0. The van der Waals surface area contributed by atoms with Crippen molar-refractivity contribution in [2.45, 2.75) is 18.9 Å². The van der Waals surface area contributed by atoms with Crippen molar-refractivity contribution in [3.63, 3.8) is 0 Å². The first kappa shape index (κ1) is 14.0. The molecule has 3 rings (SSSR count). The average Bonchev–Trinajstić information content (AvgIpc) is 2.91. The third-order valence-corrected chi connectivity index (χ3v) is 3.80. The van der Waals surface area contributed by atoms with Gasteiger partial charge in [0.25, 0.3) is 5.91 Å². The predicted molar refractivity (Wildman–Crippen MR) is 74.4 cm³/mol. The summed E-state index contributed by atoms with van der Waals surface area (Å²) in [4.78, 5) is 19.6. The molecular weight excluding hydrogens is 275 g/mol. The molecule has 112 valence electrons. The van der Waals surface area contributed by atoms with Crippen LogP contribution in [0.2, 0.25) is 0 Å². The van der Waals surface area contributed by atoms with Crippen LogP contribution in [0.1, 0.15) is 18.9 Å². The molecule has 0 bridgehead atoms. The lowest BCUT2D eigenvalue weighted by molar-refractivity contribution is -0.157. The fraction of sp³-hybridized carbons (Fsp3) is 0.467. The van der Waals surface area contributed by atoms with Gasteiger partial charge in [-0.3, -0.25) is 4.79 Å². The Kier molecular flexibility index (Phi) is 3.63. The second-order valence-corrected chi connectivity index (χ2v) is 5.42.